The largest absolute Gasteiger partial charge is 0.310 e. The van der Waals surface area contributed by atoms with Crippen LogP contribution >= 0.6 is 0 Å². The standard InChI is InChI=1S/C44H31N/c1-2-14-38(15-3-1)45(44-20-10-13-35-11-4-7-18-42(35)44)39-29-27-34(28-30-39)33-24-21-32(22-25-33)23-26-37-31-36-12-5-6-16-40(36)43-19-9-8-17-41(37)43/h1-31H/b26-23-. The predicted molar refractivity (Wildman–Crippen MR) is 194 cm³/mol. The highest BCUT2D eigenvalue weighted by Crippen LogP contribution is 2.39. The Kier molecular flexibility index (Phi) is 6.90. The van der Waals surface area contributed by atoms with Gasteiger partial charge in [0.25, 0.3) is 0 Å². The molecule has 1 heteroatoms. The summed E-state index contributed by atoms with van der Waals surface area (Å²) in [6, 6.07) is 63.0. The van der Waals surface area contributed by atoms with Crippen molar-refractivity contribution in [3.8, 4) is 11.1 Å². The topological polar surface area (TPSA) is 3.24 Å². The molecule has 8 aromatic rings. The molecule has 1 nitrogen and oxygen atoms in total. The lowest BCUT2D eigenvalue weighted by atomic mass is 9.96. The summed E-state index contributed by atoms with van der Waals surface area (Å²) < 4.78 is 0. The van der Waals surface area contributed by atoms with Crippen molar-refractivity contribution >= 4 is 61.5 Å². The van der Waals surface area contributed by atoms with E-state index in [1.165, 1.54) is 60.3 Å². The molecule has 0 atom stereocenters. The van der Waals surface area contributed by atoms with E-state index in [-0.39, 0.29) is 0 Å². The van der Waals surface area contributed by atoms with Crippen LogP contribution < -0.4 is 4.90 Å². The molecule has 0 amide bonds. The fourth-order valence-corrected chi connectivity index (χ4v) is 6.40. The fraction of sp³-hybridized carbons (Fsp3) is 0. The van der Waals surface area contributed by atoms with Crippen molar-refractivity contribution in [1.29, 1.82) is 0 Å². The summed E-state index contributed by atoms with van der Waals surface area (Å²) in [5.41, 5.74) is 8.24. The van der Waals surface area contributed by atoms with E-state index in [0.717, 1.165) is 11.4 Å². The minimum atomic E-state index is 1.13. The first-order valence-electron chi connectivity index (χ1n) is 15.4. The smallest absolute Gasteiger partial charge is 0.0540 e. The average molecular weight is 574 g/mol. The van der Waals surface area contributed by atoms with Crippen molar-refractivity contribution in [2.24, 2.45) is 0 Å². The second-order valence-electron chi connectivity index (χ2n) is 11.4. The molecule has 0 heterocycles. The van der Waals surface area contributed by atoms with Gasteiger partial charge in [0.15, 0.2) is 0 Å². The molecule has 0 fully saturated rings. The van der Waals surface area contributed by atoms with E-state index in [4.69, 9.17) is 0 Å². The van der Waals surface area contributed by atoms with Gasteiger partial charge in [-0.05, 0) is 85.6 Å². The number of nitrogens with zero attached hydrogens (tertiary/aromatic N) is 1. The van der Waals surface area contributed by atoms with Gasteiger partial charge < -0.3 is 4.90 Å². The molecule has 0 N–H and O–H groups in total. The van der Waals surface area contributed by atoms with E-state index in [0.29, 0.717) is 0 Å². The highest BCUT2D eigenvalue weighted by Gasteiger charge is 2.15. The predicted octanol–water partition coefficient (Wildman–Crippen LogP) is 12.5. The second-order valence-corrected chi connectivity index (χ2v) is 11.4. The molecule has 8 rings (SSSR count). The molecule has 0 spiro atoms. The maximum Gasteiger partial charge on any atom is 0.0540 e. The molecule has 0 aliphatic heterocycles. The van der Waals surface area contributed by atoms with Gasteiger partial charge in [0.1, 0.15) is 0 Å². The van der Waals surface area contributed by atoms with Crippen LogP contribution in [-0.2, 0) is 0 Å². The summed E-state index contributed by atoms with van der Waals surface area (Å²) >= 11 is 0. The number of rotatable bonds is 6. The van der Waals surface area contributed by atoms with Gasteiger partial charge in [-0.1, -0.05) is 152 Å². The Hall–Kier alpha value is -5.92. The number of fused-ring (bicyclic) bond motifs is 4. The zero-order valence-corrected chi connectivity index (χ0v) is 24.8. The summed E-state index contributed by atoms with van der Waals surface area (Å²) in [6.07, 6.45) is 4.45. The Labute approximate surface area is 264 Å². The summed E-state index contributed by atoms with van der Waals surface area (Å²) in [5.74, 6) is 0. The number of hydrogen-bond acceptors (Lipinski definition) is 1. The van der Waals surface area contributed by atoms with E-state index in [9.17, 15) is 0 Å². The summed E-state index contributed by atoms with van der Waals surface area (Å²) in [6.45, 7) is 0. The molecule has 212 valence electrons. The van der Waals surface area contributed by atoms with E-state index in [1.807, 2.05) is 0 Å². The first-order chi connectivity index (χ1) is 22.3. The molecule has 0 saturated carbocycles. The zero-order valence-electron chi connectivity index (χ0n) is 24.8. The van der Waals surface area contributed by atoms with Crippen LogP contribution in [0.25, 0.3) is 55.6 Å². The van der Waals surface area contributed by atoms with Gasteiger partial charge in [-0.15, -0.1) is 0 Å². The molecule has 0 aliphatic rings. The maximum absolute atomic E-state index is 2.34. The van der Waals surface area contributed by atoms with Gasteiger partial charge in [0.2, 0.25) is 0 Å². The quantitative estimate of drug-likeness (QED) is 0.141. The monoisotopic (exact) mass is 573 g/mol. The molecular weight excluding hydrogens is 542 g/mol. The lowest BCUT2D eigenvalue weighted by Gasteiger charge is -2.27. The molecule has 0 aliphatic carbocycles. The minimum Gasteiger partial charge on any atom is -0.310 e. The van der Waals surface area contributed by atoms with Crippen molar-refractivity contribution < 1.29 is 0 Å². The lowest BCUT2D eigenvalue weighted by molar-refractivity contribution is 1.30. The highest BCUT2D eigenvalue weighted by atomic mass is 15.1. The Morgan fingerprint density at radius 3 is 1.67 bits per heavy atom. The van der Waals surface area contributed by atoms with Crippen LogP contribution in [0.4, 0.5) is 17.1 Å². The number of hydrogen-bond donors (Lipinski definition) is 0. The fourth-order valence-electron chi connectivity index (χ4n) is 6.40. The molecule has 0 saturated heterocycles. The third-order valence-electron chi connectivity index (χ3n) is 8.65. The summed E-state index contributed by atoms with van der Waals surface area (Å²) in [5, 5.41) is 7.59. The van der Waals surface area contributed by atoms with Crippen LogP contribution in [0.5, 0.6) is 0 Å². The SMILES string of the molecule is C(=C/c1cc2ccccc2c2ccccc12)/c1ccc(-c2ccc(N(c3ccccc3)c3cccc4ccccc34)cc2)cc1. The Morgan fingerprint density at radius 1 is 0.356 bits per heavy atom. The Morgan fingerprint density at radius 2 is 0.911 bits per heavy atom. The summed E-state index contributed by atoms with van der Waals surface area (Å²) in [7, 11) is 0. The van der Waals surface area contributed by atoms with E-state index < -0.39 is 0 Å². The van der Waals surface area contributed by atoms with Gasteiger partial charge in [0, 0.05) is 16.8 Å². The van der Waals surface area contributed by atoms with Gasteiger partial charge in [0.05, 0.1) is 5.69 Å². The van der Waals surface area contributed by atoms with Gasteiger partial charge in [-0.2, -0.15) is 0 Å². The van der Waals surface area contributed by atoms with Crippen LogP contribution in [0.3, 0.4) is 0 Å². The van der Waals surface area contributed by atoms with Crippen molar-refractivity contribution in [3.63, 3.8) is 0 Å². The Balaban J connectivity index is 1.09. The Bertz CT molecular complexity index is 2290. The molecule has 0 unspecified atom stereocenters. The molecule has 45 heavy (non-hydrogen) atoms. The van der Waals surface area contributed by atoms with Crippen molar-refractivity contribution in [2.75, 3.05) is 4.90 Å². The second kappa shape index (κ2) is 11.6. The minimum absolute atomic E-state index is 1.13. The first-order valence-corrected chi connectivity index (χ1v) is 15.4. The highest BCUT2D eigenvalue weighted by molar-refractivity contribution is 6.11. The van der Waals surface area contributed by atoms with Gasteiger partial charge >= 0.3 is 0 Å². The van der Waals surface area contributed by atoms with Gasteiger partial charge in [-0.3, -0.25) is 0 Å². The third-order valence-corrected chi connectivity index (χ3v) is 8.65. The van der Waals surface area contributed by atoms with Crippen molar-refractivity contribution in [1.82, 2.24) is 0 Å². The maximum atomic E-state index is 2.34. The zero-order chi connectivity index (χ0) is 30.0. The van der Waals surface area contributed by atoms with Crippen LogP contribution in [-0.4, -0.2) is 0 Å². The lowest BCUT2D eigenvalue weighted by Crippen LogP contribution is -2.10. The average Bonchev–Trinajstić information content (AvgIpc) is 3.12. The number of benzene rings is 8. The van der Waals surface area contributed by atoms with Crippen molar-refractivity contribution in [2.45, 2.75) is 0 Å². The number of para-hydroxylation sites is 1. The molecule has 0 aromatic heterocycles. The van der Waals surface area contributed by atoms with Crippen LogP contribution in [0.2, 0.25) is 0 Å². The third kappa shape index (κ3) is 5.15. The van der Waals surface area contributed by atoms with Crippen LogP contribution in [0, 0.1) is 0 Å². The first kappa shape index (κ1) is 26.7. The molecule has 0 radical (unpaired) electrons. The van der Waals surface area contributed by atoms with Crippen LogP contribution in [0.1, 0.15) is 11.1 Å². The normalized spacial score (nSPS) is 11.5. The molecule has 0 bridgehead atoms. The van der Waals surface area contributed by atoms with Gasteiger partial charge in [-0.25, -0.2) is 0 Å². The summed E-state index contributed by atoms with van der Waals surface area (Å²) in [4.78, 5) is 2.34. The van der Waals surface area contributed by atoms with E-state index >= 15 is 0 Å². The van der Waals surface area contributed by atoms with E-state index in [1.54, 1.807) is 0 Å². The number of anilines is 3. The van der Waals surface area contributed by atoms with Crippen molar-refractivity contribution in [3.05, 3.63) is 187 Å². The van der Waals surface area contributed by atoms with E-state index in [2.05, 4.69) is 193 Å². The molecular formula is C44H31N. The molecule has 8 aromatic carbocycles. The van der Waals surface area contributed by atoms with Crippen LogP contribution in [0.15, 0.2) is 176 Å².